The zero-order valence-corrected chi connectivity index (χ0v) is 23.6. The van der Waals surface area contributed by atoms with Crippen LogP contribution in [0.1, 0.15) is 29.2 Å². The second-order valence-electron chi connectivity index (χ2n) is 9.35. The zero-order chi connectivity index (χ0) is 31.3. The number of amides is 1. The molecular formula is C32H24ClF4NO5. The number of anilines is 1. The maximum absolute atomic E-state index is 13.6. The molecule has 0 fully saturated rings. The van der Waals surface area contributed by atoms with Crippen molar-refractivity contribution in [3.63, 3.8) is 0 Å². The van der Waals surface area contributed by atoms with Crippen molar-refractivity contribution in [2.24, 2.45) is 0 Å². The lowest BCUT2D eigenvalue weighted by Gasteiger charge is -2.16. The van der Waals surface area contributed by atoms with E-state index in [0.29, 0.717) is 32.7 Å². The predicted octanol–water partition coefficient (Wildman–Crippen LogP) is 7.89. The van der Waals surface area contributed by atoms with Crippen LogP contribution in [0.2, 0.25) is 5.02 Å². The van der Waals surface area contributed by atoms with Crippen molar-refractivity contribution in [3.8, 4) is 11.1 Å². The Kier molecular flexibility index (Phi) is 9.50. The second-order valence-corrected chi connectivity index (χ2v) is 9.76. The van der Waals surface area contributed by atoms with E-state index in [0.717, 1.165) is 12.1 Å². The third kappa shape index (κ3) is 7.58. The summed E-state index contributed by atoms with van der Waals surface area (Å²) < 4.78 is 64.4. The van der Waals surface area contributed by atoms with Crippen molar-refractivity contribution in [1.82, 2.24) is 0 Å². The Morgan fingerprint density at radius 1 is 1.07 bits per heavy atom. The Hall–Kier alpha value is -4.70. The summed E-state index contributed by atoms with van der Waals surface area (Å²) in [4.78, 5) is 37.8. The fourth-order valence-electron chi connectivity index (χ4n) is 4.36. The second kappa shape index (κ2) is 13.1. The van der Waals surface area contributed by atoms with Crippen LogP contribution in [0, 0.1) is 12.7 Å². The summed E-state index contributed by atoms with van der Waals surface area (Å²) in [6.07, 6.45) is 0.499. The predicted molar refractivity (Wildman–Crippen MR) is 156 cm³/mol. The average molecular weight is 614 g/mol. The highest BCUT2D eigenvalue weighted by molar-refractivity contribution is 6.32. The Morgan fingerprint density at radius 2 is 1.84 bits per heavy atom. The first-order chi connectivity index (χ1) is 20.4. The smallest absolute Gasteiger partial charge is 0.418 e. The first-order valence-corrected chi connectivity index (χ1v) is 13.3. The largest absolute Gasteiger partial charge is 0.463 e. The molecule has 43 heavy (non-hydrogen) atoms. The lowest BCUT2D eigenvalue weighted by molar-refractivity contribution is -0.138. The van der Waals surface area contributed by atoms with Crippen molar-refractivity contribution in [2.45, 2.75) is 26.4 Å². The van der Waals surface area contributed by atoms with Crippen LogP contribution in [0.25, 0.3) is 28.2 Å². The molecule has 11 heteroatoms. The minimum absolute atomic E-state index is 0.106. The zero-order valence-electron chi connectivity index (χ0n) is 22.9. The van der Waals surface area contributed by atoms with Crippen molar-refractivity contribution >= 4 is 46.2 Å². The van der Waals surface area contributed by atoms with Crippen LogP contribution in [0.5, 0.6) is 0 Å². The molecule has 1 aromatic heterocycles. The van der Waals surface area contributed by atoms with Crippen molar-refractivity contribution < 1.29 is 36.3 Å². The normalized spacial score (nSPS) is 11.9. The highest BCUT2D eigenvalue weighted by Crippen LogP contribution is 2.37. The van der Waals surface area contributed by atoms with Crippen molar-refractivity contribution in [1.29, 1.82) is 0 Å². The van der Waals surface area contributed by atoms with Gasteiger partial charge in [-0.1, -0.05) is 48.0 Å². The number of carbonyl (C=O) groups is 2. The maximum atomic E-state index is 13.6. The summed E-state index contributed by atoms with van der Waals surface area (Å²) in [5.41, 5.74) is -0.696. The number of aryl methyl sites for hydroxylation is 1. The molecular weight excluding hydrogens is 590 g/mol. The number of fused-ring (bicyclic) bond motifs is 1. The molecule has 4 aromatic rings. The minimum atomic E-state index is -4.94. The molecule has 1 heterocycles. The summed E-state index contributed by atoms with van der Waals surface area (Å²) in [5.74, 6) is -2.57. The third-order valence-electron chi connectivity index (χ3n) is 6.27. The van der Waals surface area contributed by atoms with Gasteiger partial charge in [-0.05, 0) is 60.9 Å². The molecule has 6 nitrogen and oxygen atoms in total. The van der Waals surface area contributed by atoms with E-state index in [1.54, 1.807) is 56.3 Å². The highest BCUT2D eigenvalue weighted by atomic mass is 35.5. The molecule has 0 atom stereocenters. The van der Waals surface area contributed by atoms with Crippen LogP contribution < -0.4 is 10.9 Å². The van der Waals surface area contributed by atoms with Gasteiger partial charge >= 0.3 is 17.8 Å². The standard InChI is InChI=1S/C32H24ClF4NO5/c1-3-42-29(40)10-5-4-7-19-8-6-9-20(14-19)30-22-13-18(2)25(33)17-27(22)43-31(41)23(30)16-28(39)38-26-12-11-21(34)15-24(26)32(35,36)37/h4-15,17H,3,16H2,1-2H3,(H,38,39)/b7-4+,10-5?. The van der Waals surface area contributed by atoms with E-state index in [4.69, 9.17) is 20.8 Å². The Labute approximate surface area is 248 Å². The summed E-state index contributed by atoms with van der Waals surface area (Å²) in [6.45, 7) is 3.68. The van der Waals surface area contributed by atoms with Crippen LogP contribution in [-0.4, -0.2) is 18.5 Å². The number of hydrogen-bond donors (Lipinski definition) is 1. The number of hydrogen-bond acceptors (Lipinski definition) is 5. The molecule has 0 saturated heterocycles. The van der Waals surface area contributed by atoms with E-state index in [1.165, 1.54) is 18.2 Å². The van der Waals surface area contributed by atoms with E-state index in [2.05, 4.69) is 5.32 Å². The number of benzene rings is 3. The highest BCUT2D eigenvalue weighted by Gasteiger charge is 2.34. The van der Waals surface area contributed by atoms with Crippen LogP contribution >= 0.6 is 11.6 Å². The molecule has 0 radical (unpaired) electrons. The van der Waals surface area contributed by atoms with E-state index in [1.807, 2.05) is 0 Å². The molecule has 4 rings (SSSR count). The first-order valence-electron chi connectivity index (χ1n) is 12.9. The lowest BCUT2D eigenvalue weighted by atomic mass is 9.93. The topological polar surface area (TPSA) is 85.6 Å². The fourth-order valence-corrected chi connectivity index (χ4v) is 4.52. The van der Waals surface area contributed by atoms with Gasteiger partial charge in [-0.2, -0.15) is 13.2 Å². The Balaban J connectivity index is 1.78. The Morgan fingerprint density at radius 3 is 2.56 bits per heavy atom. The molecule has 0 aliphatic carbocycles. The van der Waals surface area contributed by atoms with Gasteiger partial charge in [0.2, 0.25) is 5.91 Å². The monoisotopic (exact) mass is 613 g/mol. The lowest BCUT2D eigenvalue weighted by Crippen LogP contribution is -2.22. The van der Waals surface area contributed by atoms with Gasteiger partial charge in [0.25, 0.3) is 0 Å². The maximum Gasteiger partial charge on any atom is 0.418 e. The summed E-state index contributed by atoms with van der Waals surface area (Å²) in [7, 11) is 0. The van der Waals surface area contributed by atoms with Gasteiger partial charge in [0.1, 0.15) is 11.4 Å². The van der Waals surface area contributed by atoms with E-state index in [9.17, 15) is 31.9 Å². The van der Waals surface area contributed by atoms with Gasteiger partial charge in [0, 0.05) is 28.1 Å². The molecule has 0 saturated carbocycles. The molecule has 0 aliphatic heterocycles. The average Bonchev–Trinajstić information content (AvgIpc) is 2.93. The van der Waals surface area contributed by atoms with E-state index >= 15 is 0 Å². The number of carbonyl (C=O) groups excluding carboxylic acids is 2. The van der Waals surface area contributed by atoms with Crippen molar-refractivity contribution in [2.75, 3.05) is 11.9 Å². The number of allylic oxidation sites excluding steroid dienone is 2. The summed E-state index contributed by atoms with van der Waals surface area (Å²) >= 11 is 6.26. The Bertz CT molecular complexity index is 1830. The van der Waals surface area contributed by atoms with Crippen LogP contribution in [-0.2, 0) is 26.9 Å². The first kappa shape index (κ1) is 31.2. The number of alkyl halides is 3. The SMILES string of the molecule is CCOC(=O)C=C/C=C/c1cccc(-c2c(CC(=O)Nc3ccc(F)cc3C(F)(F)F)c(=O)oc3cc(Cl)c(C)cc23)c1. The molecule has 0 unspecified atom stereocenters. The van der Waals surface area contributed by atoms with Gasteiger partial charge in [-0.3, -0.25) is 4.79 Å². The van der Waals surface area contributed by atoms with Gasteiger partial charge in [0.05, 0.1) is 29.8 Å². The molecule has 0 bridgehead atoms. The van der Waals surface area contributed by atoms with Crippen LogP contribution in [0.15, 0.2) is 82.0 Å². The molecule has 1 amide bonds. The van der Waals surface area contributed by atoms with Crippen molar-refractivity contribution in [3.05, 3.63) is 116 Å². The number of halogens is 5. The molecule has 1 N–H and O–H groups in total. The minimum Gasteiger partial charge on any atom is -0.463 e. The quantitative estimate of drug-likeness (QED) is 0.0718. The van der Waals surface area contributed by atoms with Crippen LogP contribution in [0.3, 0.4) is 0 Å². The molecule has 0 spiro atoms. The molecule has 222 valence electrons. The molecule has 0 aliphatic rings. The van der Waals surface area contributed by atoms with E-state index < -0.39 is 47.2 Å². The number of rotatable bonds is 8. The third-order valence-corrected chi connectivity index (χ3v) is 6.68. The molecule has 3 aromatic carbocycles. The van der Waals surface area contributed by atoms with Crippen LogP contribution in [0.4, 0.5) is 23.2 Å². The fraction of sp³-hybridized carbons (Fsp3) is 0.156. The number of esters is 1. The van der Waals surface area contributed by atoms with Gasteiger partial charge < -0.3 is 14.5 Å². The van der Waals surface area contributed by atoms with Gasteiger partial charge in [-0.25, -0.2) is 14.0 Å². The number of nitrogens with one attached hydrogen (secondary N) is 1. The van der Waals surface area contributed by atoms with Gasteiger partial charge in [0.15, 0.2) is 0 Å². The van der Waals surface area contributed by atoms with E-state index in [-0.39, 0.29) is 23.8 Å². The number of ether oxygens (including phenoxy) is 1. The summed E-state index contributed by atoms with van der Waals surface area (Å²) in [5, 5.41) is 2.94. The summed E-state index contributed by atoms with van der Waals surface area (Å²) in [6, 6.07) is 11.9. The van der Waals surface area contributed by atoms with Gasteiger partial charge in [-0.15, -0.1) is 0 Å².